The van der Waals surface area contributed by atoms with Gasteiger partial charge in [0.15, 0.2) is 0 Å². The highest BCUT2D eigenvalue weighted by atomic mass is 32.1. The highest BCUT2D eigenvalue weighted by Gasteiger charge is 2.20. The van der Waals surface area contributed by atoms with E-state index in [9.17, 15) is 5.11 Å². The van der Waals surface area contributed by atoms with Crippen molar-refractivity contribution in [2.45, 2.75) is 51.6 Å². The Balaban J connectivity index is 1.89. The van der Waals surface area contributed by atoms with Crippen LogP contribution >= 0.6 is 11.3 Å². The lowest BCUT2D eigenvalue weighted by atomic mass is 9.95. The average Bonchev–Trinajstić information content (AvgIpc) is 3.05. The molecule has 3 rings (SSSR count). The van der Waals surface area contributed by atoms with Crippen LogP contribution in [0.15, 0.2) is 30.3 Å². The molecule has 0 aliphatic heterocycles. The quantitative estimate of drug-likeness (QED) is 0.854. The maximum Gasteiger partial charge on any atom is 0.113 e. The second-order valence-corrected chi connectivity index (χ2v) is 7.85. The molecule has 0 fully saturated rings. The highest BCUT2D eigenvalue weighted by molar-refractivity contribution is 7.12. The van der Waals surface area contributed by atoms with Crippen LogP contribution in [-0.4, -0.2) is 5.11 Å². The molecule has 0 bridgehead atoms. The van der Waals surface area contributed by atoms with Crippen LogP contribution in [0.4, 0.5) is 0 Å². The van der Waals surface area contributed by atoms with Gasteiger partial charge < -0.3 is 5.11 Å². The van der Waals surface area contributed by atoms with Crippen LogP contribution in [0.2, 0.25) is 0 Å². The normalized spacial score (nSPS) is 16.2. The van der Waals surface area contributed by atoms with Crippen LogP contribution in [0, 0.1) is 0 Å². The van der Waals surface area contributed by atoms with E-state index in [-0.39, 0.29) is 5.41 Å². The Morgan fingerprint density at radius 3 is 2.50 bits per heavy atom. The molecule has 0 saturated carbocycles. The Kier molecular flexibility index (Phi) is 3.47. The minimum Gasteiger partial charge on any atom is -0.383 e. The Morgan fingerprint density at radius 1 is 1.05 bits per heavy atom. The summed E-state index contributed by atoms with van der Waals surface area (Å²) in [5.41, 5.74) is 4.07. The summed E-state index contributed by atoms with van der Waals surface area (Å²) in [5.74, 6) is 0. The first-order valence-electron chi connectivity index (χ1n) is 7.35. The van der Waals surface area contributed by atoms with Gasteiger partial charge in [-0.1, -0.05) is 39.0 Å². The summed E-state index contributed by atoms with van der Waals surface area (Å²) in [6.45, 7) is 6.64. The molecule has 106 valence electrons. The molecule has 1 aromatic carbocycles. The molecule has 0 radical (unpaired) electrons. The second kappa shape index (κ2) is 5.01. The van der Waals surface area contributed by atoms with Crippen molar-refractivity contribution in [2.24, 2.45) is 0 Å². The molecule has 1 unspecified atom stereocenters. The van der Waals surface area contributed by atoms with E-state index in [0.29, 0.717) is 0 Å². The lowest BCUT2D eigenvalue weighted by Gasteiger charge is -2.16. The van der Waals surface area contributed by atoms with E-state index in [1.54, 1.807) is 11.3 Å². The van der Waals surface area contributed by atoms with Crippen molar-refractivity contribution >= 4 is 11.3 Å². The summed E-state index contributed by atoms with van der Waals surface area (Å²) in [6, 6.07) is 10.7. The van der Waals surface area contributed by atoms with E-state index in [1.165, 1.54) is 28.8 Å². The summed E-state index contributed by atoms with van der Waals surface area (Å²) in [4.78, 5) is 2.38. The van der Waals surface area contributed by atoms with Gasteiger partial charge in [-0.15, -0.1) is 11.3 Å². The number of aliphatic hydroxyl groups excluding tert-OH is 1. The third kappa shape index (κ3) is 2.55. The largest absolute Gasteiger partial charge is 0.383 e. The van der Waals surface area contributed by atoms with Crippen molar-refractivity contribution in [3.8, 4) is 0 Å². The fourth-order valence-corrected chi connectivity index (χ4v) is 3.91. The number of hydrogen-bond donors (Lipinski definition) is 1. The van der Waals surface area contributed by atoms with E-state index < -0.39 is 6.10 Å². The Labute approximate surface area is 125 Å². The zero-order valence-electron chi connectivity index (χ0n) is 12.4. The minimum atomic E-state index is -0.484. The van der Waals surface area contributed by atoms with E-state index in [0.717, 1.165) is 16.9 Å². The molecule has 0 amide bonds. The molecule has 1 aromatic heterocycles. The molecule has 1 N–H and O–H groups in total. The van der Waals surface area contributed by atoms with Gasteiger partial charge in [-0.2, -0.15) is 0 Å². The van der Waals surface area contributed by atoms with Gasteiger partial charge in [-0.3, -0.25) is 0 Å². The second-order valence-electron chi connectivity index (χ2n) is 6.74. The van der Waals surface area contributed by atoms with Crippen LogP contribution < -0.4 is 0 Å². The standard InChI is InChI=1S/C18H22OS/c1-18(2,3)16-10-9-15(20-16)17(19)14-8-7-12-5-4-6-13(12)11-14/h7-11,17,19H,4-6H2,1-3H3. The Bertz CT molecular complexity index is 619. The van der Waals surface area contributed by atoms with Gasteiger partial charge in [0, 0.05) is 9.75 Å². The first kappa shape index (κ1) is 13.8. The number of rotatable bonds is 2. The predicted octanol–water partition coefficient (Wildman–Crippen LogP) is 4.62. The highest BCUT2D eigenvalue weighted by Crippen LogP contribution is 2.35. The third-order valence-electron chi connectivity index (χ3n) is 4.07. The monoisotopic (exact) mass is 286 g/mol. The Morgan fingerprint density at radius 2 is 1.80 bits per heavy atom. The van der Waals surface area contributed by atoms with Crippen LogP contribution in [0.3, 0.4) is 0 Å². The summed E-state index contributed by atoms with van der Waals surface area (Å²) in [5, 5.41) is 10.6. The SMILES string of the molecule is CC(C)(C)c1ccc(C(O)c2ccc3c(c2)CCC3)s1. The zero-order chi connectivity index (χ0) is 14.3. The summed E-state index contributed by atoms with van der Waals surface area (Å²) < 4.78 is 0. The number of hydrogen-bond acceptors (Lipinski definition) is 2. The molecule has 0 saturated heterocycles. The van der Waals surface area contributed by atoms with E-state index in [1.807, 2.05) is 0 Å². The molecule has 1 aliphatic rings. The fourth-order valence-electron chi connectivity index (χ4n) is 2.83. The molecule has 1 heterocycles. The first-order valence-corrected chi connectivity index (χ1v) is 8.17. The average molecular weight is 286 g/mol. The number of aliphatic hydroxyl groups is 1. The van der Waals surface area contributed by atoms with Gasteiger partial charge >= 0.3 is 0 Å². The van der Waals surface area contributed by atoms with Crippen LogP contribution in [0.25, 0.3) is 0 Å². The molecular formula is C18H22OS. The van der Waals surface area contributed by atoms with Crippen molar-refractivity contribution in [2.75, 3.05) is 0 Å². The predicted molar refractivity (Wildman–Crippen MR) is 85.5 cm³/mol. The zero-order valence-corrected chi connectivity index (χ0v) is 13.3. The summed E-state index contributed by atoms with van der Waals surface area (Å²) in [7, 11) is 0. The molecular weight excluding hydrogens is 264 g/mol. The van der Waals surface area contributed by atoms with Gasteiger partial charge in [-0.25, -0.2) is 0 Å². The lowest BCUT2D eigenvalue weighted by Crippen LogP contribution is -2.07. The van der Waals surface area contributed by atoms with Crippen molar-refractivity contribution in [1.82, 2.24) is 0 Å². The van der Waals surface area contributed by atoms with Crippen molar-refractivity contribution in [1.29, 1.82) is 0 Å². The molecule has 1 nitrogen and oxygen atoms in total. The van der Waals surface area contributed by atoms with Crippen LogP contribution in [-0.2, 0) is 18.3 Å². The van der Waals surface area contributed by atoms with E-state index in [4.69, 9.17) is 0 Å². The lowest BCUT2D eigenvalue weighted by molar-refractivity contribution is 0.224. The molecule has 2 aromatic rings. The number of aryl methyl sites for hydroxylation is 2. The van der Waals surface area contributed by atoms with Gasteiger partial charge in [0.2, 0.25) is 0 Å². The maximum atomic E-state index is 10.6. The third-order valence-corrected chi connectivity index (χ3v) is 5.64. The number of fused-ring (bicyclic) bond motifs is 1. The number of thiophene rings is 1. The van der Waals surface area contributed by atoms with Crippen LogP contribution in [0.5, 0.6) is 0 Å². The van der Waals surface area contributed by atoms with Gasteiger partial charge in [0.1, 0.15) is 6.10 Å². The van der Waals surface area contributed by atoms with Crippen molar-refractivity contribution in [3.05, 3.63) is 56.8 Å². The smallest absolute Gasteiger partial charge is 0.113 e. The van der Waals surface area contributed by atoms with Gasteiger partial charge in [0.25, 0.3) is 0 Å². The molecule has 1 aliphatic carbocycles. The van der Waals surface area contributed by atoms with Gasteiger partial charge in [0.05, 0.1) is 0 Å². The topological polar surface area (TPSA) is 20.2 Å². The summed E-state index contributed by atoms with van der Waals surface area (Å²) in [6.07, 6.45) is 3.12. The molecule has 20 heavy (non-hydrogen) atoms. The molecule has 2 heteroatoms. The molecule has 0 spiro atoms. The fraction of sp³-hybridized carbons (Fsp3) is 0.444. The van der Waals surface area contributed by atoms with Crippen LogP contribution in [0.1, 0.15) is 59.7 Å². The summed E-state index contributed by atoms with van der Waals surface area (Å²) >= 11 is 1.73. The van der Waals surface area contributed by atoms with Crippen molar-refractivity contribution in [3.63, 3.8) is 0 Å². The molecule has 1 atom stereocenters. The van der Waals surface area contributed by atoms with E-state index >= 15 is 0 Å². The van der Waals surface area contributed by atoms with Crippen molar-refractivity contribution < 1.29 is 5.11 Å². The first-order chi connectivity index (χ1) is 9.45. The number of benzene rings is 1. The van der Waals surface area contributed by atoms with Gasteiger partial charge in [-0.05, 0) is 53.5 Å². The Hall–Kier alpha value is -1.12. The van der Waals surface area contributed by atoms with E-state index in [2.05, 4.69) is 51.1 Å². The maximum absolute atomic E-state index is 10.6. The minimum absolute atomic E-state index is 0.153.